The van der Waals surface area contributed by atoms with Crippen LogP contribution in [0.2, 0.25) is 0 Å². The number of pyridine rings is 1. The van der Waals surface area contributed by atoms with Gasteiger partial charge in [-0.15, -0.1) is 0 Å². The van der Waals surface area contributed by atoms with Crippen molar-refractivity contribution in [2.75, 3.05) is 18.0 Å². The third-order valence-electron chi connectivity index (χ3n) is 2.45. The van der Waals surface area contributed by atoms with Crippen molar-refractivity contribution in [3.05, 3.63) is 24.5 Å². The highest BCUT2D eigenvalue weighted by Crippen LogP contribution is 2.25. The molecule has 1 N–H and O–H groups in total. The summed E-state index contributed by atoms with van der Waals surface area (Å²) in [6.07, 6.45) is 3.78. The molecule has 0 amide bonds. The molecule has 1 aliphatic heterocycles. The van der Waals surface area contributed by atoms with E-state index in [9.17, 15) is 4.79 Å². The van der Waals surface area contributed by atoms with E-state index in [1.54, 1.807) is 12.4 Å². The maximum atomic E-state index is 10.4. The van der Waals surface area contributed by atoms with Gasteiger partial charge in [0.15, 0.2) is 0 Å². The van der Waals surface area contributed by atoms with Gasteiger partial charge in [0.05, 0.1) is 6.42 Å². The topological polar surface area (TPSA) is 53.4 Å². The molecule has 0 radical (unpaired) electrons. The maximum Gasteiger partial charge on any atom is 0.303 e. The van der Waals surface area contributed by atoms with Crippen molar-refractivity contribution >= 4 is 11.7 Å². The fourth-order valence-corrected chi connectivity index (χ4v) is 1.71. The zero-order valence-corrected chi connectivity index (χ0v) is 7.76. The first-order valence-corrected chi connectivity index (χ1v) is 4.62. The second-order valence-corrected chi connectivity index (χ2v) is 3.57. The molecule has 1 aromatic heterocycles. The monoisotopic (exact) mass is 192 g/mol. The van der Waals surface area contributed by atoms with Crippen LogP contribution >= 0.6 is 0 Å². The Morgan fingerprint density at radius 1 is 1.50 bits per heavy atom. The third kappa shape index (κ3) is 1.84. The fraction of sp³-hybridized carbons (Fsp3) is 0.400. The quantitative estimate of drug-likeness (QED) is 0.776. The Kier molecular flexibility index (Phi) is 2.35. The molecule has 2 heterocycles. The summed E-state index contributed by atoms with van der Waals surface area (Å²) < 4.78 is 0. The van der Waals surface area contributed by atoms with Gasteiger partial charge in [0, 0.05) is 37.1 Å². The first kappa shape index (κ1) is 8.99. The molecule has 0 atom stereocenters. The molecule has 1 aromatic rings. The van der Waals surface area contributed by atoms with Gasteiger partial charge in [-0.3, -0.25) is 9.78 Å². The van der Waals surface area contributed by atoms with E-state index in [-0.39, 0.29) is 6.42 Å². The molecule has 1 saturated heterocycles. The van der Waals surface area contributed by atoms with Crippen LogP contribution in [0.4, 0.5) is 5.69 Å². The summed E-state index contributed by atoms with van der Waals surface area (Å²) in [6.45, 7) is 1.69. The van der Waals surface area contributed by atoms with Crippen LogP contribution in [-0.4, -0.2) is 29.1 Å². The van der Waals surface area contributed by atoms with Gasteiger partial charge in [0.2, 0.25) is 0 Å². The number of hydrogen-bond acceptors (Lipinski definition) is 3. The number of aromatic nitrogens is 1. The number of aliphatic carboxylic acids is 1. The lowest BCUT2D eigenvalue weighted by Crippen LogP contribution is -2.47. The Balaban J connectivity index is 1.86. The molecule has 74 valence electrons. The van der Waals surface area contributed by atoms with E-state index in [1.165, 1.54) is 0 Å². The summed E-state index contributed by atoms with van der Waals surface area (Å²) in [5, 5.41) is 8.58. The number of rotatable bonds is 3. The summed E-state index contributed by atoms with van der Waals surface area (Å²) in [5.41, 5.74) is 1.13. The summed E-state index contributed by atoms with van der Waals surface area (Å²) in [5.74, 6) is -0.398. The van der Waals surface area contributed by atoms with Crippen LogP contribution in [0.1, 0.15) is 6.42 Å². The van der Waals surface area contributed by atoms with Gasteiger partial charge in [-0.05, 0) is 12.1 Å². The SMILES string of the molecule is O=C(O)CC1CN(c2ccncc2)C1. The Bertz CT molecular complexity index is 320. The normalized spacial score (nSPS) is 16.4. The van der Waals surface area contributed by atoms with Crippen molar-refractivity contribution in [2.24, 2.45) is 5.92 Å². The van der Waals surface area contributed by atoms with Crippen molar-refractivity contribution < 1.29 is 9.90 Å². The number of anilines is 1. The van der Waals surface area contributed by atoms with Crippen LogP contribution in [-0.2, 0) is 4.79 Å². The minimum Gasteiger partial charge on any atom is -0.481 e. The molecule has 0 saturated carbocycles. The van der Waals surface area contributed by atoms with Crippen LogP contribution in [0.25, 0.3) is 0 Å². The number of carboxylic acid groups (broad SMARTS) is 1. The molecule has 1 fully saturated rings. The van der Waals surface area contributed by atoms with E-state index >= 15 is 0 Å². The van der Waals surface area contributed by atoms with Gasteiger partial charge in [-0.2, -0.15) is 0 Å². The average Bonchev–Trinajstić information content (AvgIpc) is 2.12. The number of nitrogens with zero attached hydrogens (tertiary/aromatic N) is 2. The predicted octanol–water partition coefficient (Wildman–Crippen LogP) is 0.992. The number of hydrogen-bond donors (Lipinski definition) is 1. The molecule has 1 aliphatic rings. The molecule has 0 spiro atoms. The van der Waals surface area contributed by atoms with Crippen LogP contribution in [0.3, 0.4) is 0 Å². The van der Waals surface area contributed by atoms with Crippen molar-refractivity contribution in [3.8, 4) is 0 Å². The minimum atomic E-state index is -0.704. The van der Waals surface area contributed by atoms with E-state index in [2.05, 4.69) is 9.88 Å². The fourth-order valence-electron chi connectivity index (χ4n) is 1.71. The van der Waals surface area contributed by atoms with Crippen molar-refractivity contribution in [1.29, 1.82) is 0 Å². The lowest BCUT2D eigenvalue weighted by atomic mass is 9.96. The number of carbonyl (C=O) groups is 1. The van der Waals surface area contributed by atoms with E-state index in [1.807, 2.05) is 12.1 Å². The molecular weight excluding hydrogens is 180 g/mol. The van der Waals surface area contributed by atoms with Gasteiger partial charge in [0.25, 0.3) is 0 Å². The first-order valence-electron chi connectivity index (χ1n) is 4.62. The molecule has 14 heavy (non-hydrogen) atoms. The van der Waals surface area contributed by atoms with Gasteiger partial charge >= 0.3 is 5.97 Å². The van der Waals surface area contributed by atoms with Crippen LogP contribution < -0.4 is 4.90 Å². The molecule has 0 aliphatic carbocycles. The standard InChI is InChI=1S/C10H12N2O2/c13-10(14)5-8-6-12(7-8)9-1-3-11-4-2-9/h1-4,8H,5-7H2,(H,13,14). The van der Waals surface area contributed by atoms with Crippen LogP contribution in [0, 0.1) is 5.92 Å². The zero-order chi connectivity index (χ0) is 9.97. The summed E-state index contributed by atoms with van der Waals surface area (Å²) >= 11 is 0. The molecule has 0 aromatic carbocycles. The lowest BCUT2D eigenvalue weighted by Gasteiger charge is -2.40. The van der Waals surface area contributed by atoms with Crippen molar-refractivity contribution in [1.82, 2.24) is 4.98 Å². The van der Waals surface area contributed by atoms with Gasteiger partial charge in [0.1, 0.15) is 0 Å². The van der Waals surface area contributed by atoms with E-state index < -0.39 is 5.97 Å². The highest BCUT2D eigenvalue weighted by molar-refractivity contribution is 5.67. The average molecular weight is 192 g/mol. The Labute approximate surface area is 82.2 Å². The van der Waals surface area contributed by atoms with Gasteiger partial charge in [-0.25, -0.2) is 0 Å². The molecule has 4 nitrogen and oxygen atoms in total. The van der Waals surface area contributed by atoms with Gasteiger partial charge < -0.3 is 10.0 Å². The molecule has 2 rings (SSSR count). The number of carboxylic acids is 1. The zero-order valence-electron chi connectivity index (χ0n) is 7.76. The summed E-state index contributed by atoms with van der Waals surface area (Å²) in [4.78, 5) is 16.5. The smallest absolute Gasteiger partial charge is 0.303 e. The maximum absolute atomic E-state index is 10.4. The van der Waals surface area contributed by atoms with Crippen LogP contribution in [0.15, 0.2) is 24.5 Å². The Morgan fingerprint density at radius 2 is 2.14 bits per heavy atom. The summed E-state index contributed by atoms with van der Waals surface area (Å²) in [6, 6.07) is 3.88. The lowest BCUT2D eigenvalue weighted by molar-refractivity contribution is -0.138. The molecule has 0 unspecified atom stereocenters. The Hall–Kier alpha value is -1.58. The van der Waals surface area contributed by atoms with Gasteiger partial charge in [-0.1, -0.05) is 0 Å². The van der Waals surface area contributed by atoms with Crippen molar-refractivity contribution in [3.63, 3.8) is 0 Å². The van der Waals surface area contributed by atoms with E-state index in [4.69, 9.17) is 5.11 Å². The van der Waals surface area contributed by atoms with Crippen LogP contribution in [0.5, 0.6) is 0 Å². The Morgan fingerprint density at radius 3 is 2.71 bits per heavy atom. The second-order valence-electron chi connectivity index (χ2n) is 3.57. The first-order chi connectivity index (χ1) is 6.75. The highest BCUT2D eigenvalue weighted by Gasteiger charge is 2.28. The van der Waals surface area contributed by atoms with E-state index in [0.717, 1.165) is 18.8 Å². The summed E-state index contributed by atoms with van der Waals surface area (Å²) in [7, 11) is 0. The second kappa shape index (κ2) is 3.65. The van der Waals surface area contributed by atoms with Crippen molar-refractivity contribution in [2.45, 2.75) is 6.42 Å². The minimum absolute atomic E-state index is 0.279. The molecular formula is C10H12N2O2. The molecule has 4 heteroatoms. The van der Waals surface area contributed by atoms with E-state index in [0.29, 0.717) is 5.92 Å². The predicted molar refractivity (Wildman–Crippen MR) is 52.2 cm³/mol. The highest BCUT2D eigenvalue weighted by atomic mass is 16.4. The third-order valence-corrected chi connectivity index (χ3v) is 2.45. The largest absolute Gasteiger partial charge is 0.481 e. The molecule has 0 bridgehead atoms.